The molecule has 0 aliphatic heterocycles. The maximum atomic E-state index is 9.06. The molecule has 0 bridgehead atoms. The van der Waals surface area contributed by atoms with E-state index >= 15 is 0 Å². The van der Waals surface area contributed by atoms with Gasteiger partial charge >= 0.3 is 0 Å². The van der Waals surface area contributed by atoms with Crippen molar-refractivity contribution in [2.45, 2.75) is 38.6 Å². The number of hydrogen-bond donors (Lipinski definition) is 1. The standard InChI is InChI=1S/C15H22N4/c1-11-7-12(9-16)8-15(18-11)19(2)14-6-4-3-5-13(14)10-17/h7-8,13-14H,3-6,10,17H2,1-2H3. The lowest BCUT2D eigenvalue weighted by atomic mass is 9.83. The van der Waals surface area contributed by atoms with Gasteiger partial charge in [0, 0.05) is 18.8 Å². The maximum absolute atomic E-state index is 9.06. The van der Waals surface area contributed by atoms with Crippen molar-refractivity contribution in [3.8, 4) is 6.07 Å². The molecule has 4 nitrogen and oxygen atoms in total. The van der Waals surface area contributed by atoms with Crippen LogP contribution >= 0.6 is 0 Å². The predicted octanol–water partition coefficient (Wildman–Crippen LogP) is 2.22. The van der Waals surface area contributed by atoms with E-state index in [2.05, 4.69) is 23.0 Å². The van der Waals surface area contributed by atoms with Crippen molar-refractivity contribution in [2.75, 3.05) is 18.5 Å². The monoisotopic (exact) mass is 258 g/mol. The predicted molar refractivity (Wildman–Crippen MR) is 76.9 cm³/mol. The number of pyridine rings is 1. The largest absolute Gasteiger partial charge is 0.356 e. The minimum atomic E-state index is 0.444. The van der Waals surface area contributed by atoms with Crippen LogP contribution in [0, 0.1) is 24.2 Å². The first-order chi connectivity index (χ1) is 9.15. The van der Waals surface area contributed by atoms with Crippen molar-refractivity contribution in [3.63, 3.8) is 0 Å². The Hall–Kier alpha value is -1.60. The summed E-state index contributed by atoms with van der Waals surface area (Å²) in [5.74, 6) is 1.42. The van der Waals surface area contributed by atoms with E-state index in [4.69, 9.17) is 11.0 Å². The first-order valence-corrected chi connectivity index (χ1v) is 6.97. The van der Waals surface area contributed by atoms with Crippen molar-refractivity contribution in [3.05, 3.63) is 23.4 Å². The van der Waals surface area contributed by atoms with E-state index in [9.17, 15) is 0 Å². The van der Waals surface area contributed by atoms with Gasteiger partial charge in [0.05, 0.1) is 11.6 Å². The topological polar surface area (TPSA) is 65.9 Å². The fraction of sp³-hybridized carbons (Fsp3) is 0.600. The van der Waals surface area contributed by atoms with Crippen LogP contribution in [0.5, 0.6) is 0 Å². The average Bonchev–Trinajstić information content (AvgIpc) is 2.45. The maximum Gasteiger partial charge on any atom is 0.130 e. The SMILES string of the molecule is Cc1cc(C#N)cc(N(C)C2CCCCC2CN)n1. The molecular weight excluding hydrogens is 236 g/mol. The molecule has 102 valence electrons. The normalized spacial score (nSPS) is 22.8. The van der Waals surface area contributed by atoms with E-state index in [0.29, 0.717) is 17.5 Å². The van der Waals surface area contributed by atoms with Crippen LogP contribution < -0.4 is 10.6 Å². The van der Waals surface area contributed by atoms with E-state index in [1.807, 2.05) is 19.1 Å². The molecule has 1 aromatic rings. The second-order valence-corrected chi connectivity index (χ2v) is 5.43. The highest BCUT2D eigenvalue weighted by atomic mass is 15.2. The summed E-state index contributed by atoms with van der Waals surface area (Å²) in [7, 11) is 2.07. The molecule has 2 rings (SSSR count). The Morgan fingerprint density at radius 3 is 2.84 bits per heavy atom. The molecule has 1 saturated carbocycles. The van der Waals surface area contributed by atoms with Crippen molar-refractivity contribution in [1.82, 2.24) is 4.98 Å². The van der Waals surface area contributed by atoms with E-state index in [1.165, 1.54) is 19.3 Å². The molecule has 0 saturated heterocycles. The molecule has 1 aliphatic carbocycles. The van der Waals surface area contributed by atoms with E-state index < -0.39 is 0 Å². The molecule has 2 atom stereocenters. The van der Waals surface area contributed by atoms with E-state index in [-0.39, 0.29) is 0 Å². The summed E-state index contributed by atoms with van der Waals surface area (Å²) in [4.78, 5) is 6.77. The Morgan fingerprint density at radius 1 is 1.42 bits per heavy atom. The molecule has 2 N–H and O–H groups in total. The molecule has 4 heteroatoms. The van der Waals surface area contributed by atoms with Crippen LogP contribution in [0.4, 0.5) is 5.82 Å². The van der Waals surface area contributed by atoms with Gasteiger partial charge in [0.2, 0.25) is 0 Å². The molecule has 19 heavy (non-hydrogen) atoms. The highest BCUT2D eigenvalue weighted by Gasteiger charge is 2.28. The summed E-state index contributed by atoms with van der Waals surface area (Å²) >= 11 is 0. The van der Waals surface area contributed by atoms with Crippen LogP contribution in [-0.4, -0.2) is 24.6 Å². The summed E-state index contributed by atoms with van der Waals surface area (Å²) in [5.41, 5.74) is 7.46. The number of aromatic nitrogens is 1. The molecule has 1 fully saturated rings. The number of nitrogens with two attached hydrogens (primary N) is 1. The smallest absolute Gasteiger partial charge is 0.130 e. The Balaban J connectivity index is 2.25. The molecular formula is C15H22N4. The lowest BCUT2D eigenvalue weighted by Crippen LogP contribution is -2.43. The van der Waals surface area contributed by atoms with Gasteiger partial charge in [0.15, 0.2) is 0 Å². The molecule has 2 unspecified atom stereocenters. The van der Waals surface area contributed by atoms with Crippen molar-refractivity contribution in [2.24, 2.45) is 11.7 Å². The van der Waals surface area contributed by atoms with Gasteiger partial charge in [0.1, 0.15) is 5.82 Å². The number of anilines is 1. The minimum Gasteiger partial charge on any atom is -0.356 e. The Kier molecular flexibility index (Phi) is 4.39. The van der Waals surface area contributed by atoms with Crippen molar-refractivity contribution >= 4 is 5.82 Å². The van der Waals surface area contributed by atoms with Crippen molar-refractivity contribution in [1.29, 1.82) is 5.26 Å². The van der Waals surface area contributed by atoms with Crippen LogP contribution in [0.25, 0.3) is 0 Å². The highest BCUT2D eigenvalue weighted by molar-refractivity contribution is 5.47. The van der Waals surface area contributed by atoms with Gasteiger partial charge in [-0.1, -0.05) is 12.8 Å². The third-order valence-corrected chi connectivity index (χ3v) is 4.10. The number of aryl methyl sites for hydroxylation is 1. The van der Waals surface area contributed by atoms with E-state index in [1.54, 1.807) is 0 Å². The third-order valence-electron chi connectivity index (χ3n) is 4.10. The van der Waals surface area contributed by atoms with Gasteiger partial charge in [-0.3, -0.25) is 0 Å². The summed E-state index contributed by atoms with van der Waals surface area (Å²) in [6, 6.07) is 6.33. The molecule has 0 spiro atoms. The molecule has 0 radical (unpaired) electrons. The van der Waals surface area contributed by atoms with Gasteiger partial charge in [-0.25, -0.2) is 4.98 Å². The number of rotatable bonds is 3. The second-order valence-electron chi connectivity index (χ2n) is 5.43. The van der Waals surface area contributed by atoms with Crippen LogP contribution in [0.15, 0.2) is 12.1 Å². The van der Waals surface area contributed by atoms with Gasteiger partial charge in [-0.2, -0.15) is 5.26 Å². The molecule has 0 aromatic carbocycles. The number of nitrogens with zero attached hydrogens (tertiary/aromatic N) is 3. The summed E-state index contributed by atoms with van der Waals surface area (Å²) in [6.45, 7) is 2.66. The Bertz CT molecular complexity index is 478. The quantitative estimate of drug-likeness (QED) is 0.902. The fourth-order valence-electron chi connectivity index (χ4n) is 3.04. The zero-order chi connectivity index (χ0) is 13.8. The fourth-order valence-corrected chi connectivity index (χ4v) is 3.04. The lowest BCUT2D eigenvalue weighted by Gasteiger charge is -2.38. The zero-order valence-electron chi connectivity index (χ0n) is 11.8. The molecule has 1 aliphatic rings. The summed E-state index contributed by atoms with van der Waals surface area (Å²) in [6.07, 6.45) is 4.89. The van der Waals surface area contributed by atoms with Crippen LogP contribution in [0.1, 0.15) is 36.9 Å². The number of hydrogen-bond acceptors (Lipinski definition) is 4. The van der Waals surface area contributed by atoms with E-state index in [0.717, 1.165) is 24.5 Å². The molecule has 1 aromatic heterocycles. The van der Waals surface area contributed by atoms with Gasteiger partial charge in [-0.15, -0.1) is 0 Å². The first kappa shape index (κ1) is 13.8. The average molecular weight is 258 g/mol. The first-order valence-electron chi connectivity index (χ1n) is 6.97. The molecule has 0 amide bonds. The third kappa shape index (κ3) is 3.05. The summed E-state index contributed by atoms with van der Waals surface area (Å²) < 4.78 is 0. The lowest BCUT2D eigenvalue weighted by molar-refractivity contribution is 0.305. The molecule has 1 heterocycles. The van der Waals surface area contributed by atoms with Gasteiger partial charge in [0.25, 0.3) is 0 Å². The van der Waals surface area contributed by atoms with Crippen LogP contribution in [-0.2, 0) is 0 Å². The minimum absolute atomic E-state index is 0.444. The highest BCUT2D eigenvalue weighted by Crippen LogP contribution is 2.29. The van der Waals surface area contributed by atoms with Gasteiger partial charge < -0.3 is 10.6 Å². The number of nitriles is 1. The Morgan fingerprint density at radius 2 is 2.16 bits per heavy atom. The van der Waals surface area contributed by atoms with Crippen LogP contribution in [0.3, 0.4) is 0 Å². The van der Waals surface area contributed by atoms with Gasteiger partial charge in [-0.05, 0) is 44.4 Å². The van der Waals surface area contributed by atoms with Crippen LogP contribution in [0.2, 0.25) is 0 Å². The summed E-state index contributed by atoms with van der Waals surface area (Å²) in [5, 5.41) is 9.06. The zero-order valence-corrected chi connectivity index (χ0v) is 11.8. The Labute approximate surface area is 115 Å². The second kappa shape index (κ2) is 6.03. The van der Waals surface area contributed by atoms with Crippen molar-refractivity contribution < 1.29 is 0 Å².